The second-order valence-corrected chi connectivity index (χ2v) is 9.56. The molecule has 1 unspecified atom stereocenters. The second kappa shape index (κ2) is 10.0. The van der Waals surface area contributed by atoms with Crippen molar-refractivity contribution in [2.45, 2.75) is 18.6 Å². The fraction of sp³-hybridized carbons (Fsp3) is 0.250. The summed E-state index contributed by atoms with van der Waals surface area (Å²) in [5, 5.41) is 0. The quantitative estimate of drug-likeness (QED) is 0.562. The fourth-order valence-electron chi connectivity index (χ4n) is 3.90. The molecule has 0 spiro atoms. The largest absolute Gasteiger partial charge is 0.374 e. The molecule has 1 N–H and O–H groups in total. The summed E-state index contributed by atoms with van der Waals surface area (Å²) in [6, 6.07) is 17.3. The lowest BCUT2D eigenvalue weighted by Crippen LogP contribution is -2.51. The number of nitrogens with zero attached hydrogens (tertiary/aromatic N) is 1. The number of ether oxygens (including phenoxy) is 1. The maximum absolute atomic E-state index is 13.5. The summed E-state index contributed by atoms with van der Waals surface area (Å²) >= 11 is 0. The minimum absolute atomic E-state index is 0.0178. The van der Waals surface area contributed by atoms with Gasteiger partial charge in [0.2, 0.25) is 0 Å². The summed E-state index contributed by atoms with van der Waals surface area (Å²) < 4.78 is 75.8. The van der Waals surface area contributed by atoms with Gasteiger partial charge in [-0.25, -0.2) is 13.2 Å². The Labute approximate surface area is 191 Å². The number of morpholine rings is 1. The Morgan fingerprint density at radius 2 is 1.33 bits per heavy atom. The van der Waals surface area contributed by atoms with Crippen LogP contribution in [0.3, 0.4) is 0 Å². The molecule has 1 fully saturated rings. The first kappa shape index (κ1) is 23.4. The zero-order chi connectivity index (χ0) is 23.4. The van der Waals surface area contributed by atoms with E-state index in [1.165, 1.54) is 52.8 Å². The number of halogens is 3. The number of hydrogen-bond acceptors (Lipinski definition) is 3. The molecule has 1 aliphatic rings. The van der Waals surface area contributed by atoms with Gasteiger partial charge >= 0.3 is 0 Å². The molecule has 5 nitrogen and oxygen atoms in total. The van der Waals surface area contributed by atoms with Crippen LogP contribution >= 0.6 is 0 Å². The Bertz CT molecular complexity index is 1130. The highest BCUT2D eigenvalue weighted by atomic mass is 32.2. The predicted octanol–water partition coefficient (Wildman–Crippen LogP) is 3.97. The molecule has 0 saturated carbocycles. The maximum atomic E-state index is 13.5. The molecular formula is C24H23F3N2O3S. The van der Waals surface area contributed by atoms with Crippen molar-refractivity contribution in [2.75, 3.05) is 19.7 Å². The molecular weight excluding hydrogens is 453 g/mol. The van der Waals surface area contributed by atoms with Crippen LogP contribution in [0, 0.1) is 17.5 Å². The third kappa shape index (κ3) is 5.80. The summed E-state index contributed by atoms with van der Waals surface area (Å²) in [7, 11) is -3.85. The number of hydrogen-bond donors (Lipinski definition) is 1. The van der Waals surface area contributed by atoms with Crippen molar-refractivity contribution in [1.82, 2.24) is 9.03 Å². The van der Waals surface area contributed by atoms with Gasteiger partial charge in [0.1, 0.15) is 17.5 Å². The van der Waals surface area contributed by atoms with Crippen molar-refractivity contribution in [1.29, 1.82) is 0 Å². The van der Waals surface area contributed by atoms with Crippen molar-refractivity contribution in [3.8, 4) is 0 Å². The van der Waals surface area contributed by atoms with Crippen LogP contribution in [-0.2, 0) is 21.5 Å². The van der Waals surface area contributed by atoms with E-state index in [2.05, 4.69) is 4.72 Å². The van der Waals surface area contributed by atoms with Gasteiger partial charge in [-0.2, -0.15) is 17.4 Å². The van der Waals surface area contributed by atoms with Gasteiger partial charge in [0.05, 0.1) is 12.7 Å². The van der Waals surface area contributed by atoms with E-state index in [-0.39, 0.29) is 26.2 Å². The van der Waals surface area contributed by atoms with Crippen LogP contribution in [0.25, 0.3) is 0 Å². The molecule has 33 heavy (non-hydrogen) atoms. The van der Waals surface area contributed by atoms with E-state index in [0.717, 1.165) is 11.1 Å². The van der Waals surface area contributed by atoms with E-state index in [0.29, 0.717) is 5.56 Å². The van der Waals surface area contributed by atoms with E-state index >= 15 is 0 Å². The van der Waals surface area contributed by atoms with Crippen LogP contribution < -0.4 is 4.72 Å². The number of rotatable bonds is 7. The Morgan fingerprint density at radius 1 is 0.848 bits per heavy atom. The normalized spacial score (nSPS) is 17.4. The molecule has 4 rings (SSSR count). The van der Waals surface area contributed by atoms with Gasteiger partial charge in [-0.1, -0.05) is 36.4 Å². The lowest BCUT2D eigenvalue weighted by Gasteiger charge is -2.36. The summed E-state index contributed by atoms with van der Waals surface area (Å²) in [6.45, 7) is 0.401. The minimum Gasteiger partial charge on any atom is -0.374 e. The Balaban J connectivity index is 1.55. The highest BCUT2D eigenvalue weighted by molar-refractivity contribution is 7.87. The Hall–Kier alpha value is -2.72. The SMILES string of the molecule is O=S(=O)(NCc1ccc(F)cc1)N1CCOC(C(c2ccc(F)cc2)c2ccc(F)cc2)C1. The molecule has 174 valence electrons. The number of benzene rings is 3. The third-order valence-corrected chi connectivity index (χ3v) is 7.12. The van der Waals surface area contributed by atoms with E-state index in [9.17, 15) is 21.6 Å². The summed E-state index contributed by atoms with van der Waals surface area (Å²) in [4.78, 5) is 0. The molecule has 3 aromatic rings. The molecule has 0 bridgehead atoms. The summed E-state index contributed by atoms with van der Waals surface area (Å²) in [5.41, 5.74) is 2.08. The van der Waals surface area contributed by atoms with Gasteiger partial charge in [-0.15, -0.1) is 0 Å². The minimum atomic E-state index is -3.85. The Kier molecular flexibility index (Phi) is 7.14. The van der Waals surface area contributed by atoms with Gasteiger partial charge in [0, 0.05) is 25.6 Å². The van der Waals surface area contributed by atoms with Gasteiger partial charge in [0.25, 0.3) is 10.2 Å². The van der Waals surface area contributed by atoms with E-state index < -0.39 is 39.7 Å². The van der Waals surface area contributed by atoms with E-state index in [4.69, 9.17) is 4.74 Å². The lowest BCUT2D eigenvalue weighted by atomic mass is 9.86. The van der Waals surface area contributed by atoms with Gasteiger partial charge in [-0.3, -0.25) is 0 Å². The monoisotopic (exact) mass is 476 g/mol. The van der Waals surface area contributed by atoms with E-state index in [1.807, 2.05) is 0 Å². The molecule has 9 heteroatoms. The van der Waals surface area contributed by atoms with Crippen LogP contribution in [0.15, 0.2) is 72.8 Å². The smallest absolute Gasteiger partial charge is 0.279 e. The molecule has 3 aromatic carbocycles. The Morgan fingerprint density at radius 3 is 1.85 bits per heavy atom. The van der Waals surface area contributed by atoms with Crippen molar-refractivity contribution in [3.63, 3.8) is 0 Å². The van der Waals surface area contributed by atoms with Crippen molar-refractivity contribution < 1.29 is 26.3 Å². The zero-order valence-electron chi connectivity index (χ0n) is 17.6. The van der Waals surface area contributed by atoms with Crippen LogP contribution in [-0.4, -0.2) is 38.5 Å². The topological polar surface area (TPSA) is 58.6 Å². The molecule has 1 atom stereocenters. The maximum Gasteiger partial charge on any atom is 0.279 e. The molecule has 0 aliphatic carbocycles. The van der Waals surface area contributed by atoms with Crippen molar-refractivity contribution in [3.05, 3.63) is 107 Å². The molecule has 1 saturated heterocycles. The average Bonchev–Trinajstić information content (AvgIpc) is 2.82. The fourth-order valence-corrected chi connectivity index (χ4v) is 5.09. The van der Waals surface area contributed by atoms with E-state index in [1.54, 1.807) is 24.3 Å². The van der Waals surface area contributed by atoms with Crippen molar-refractivity contribution >= 4 is 10.2 Å². The average molecular weight is 477 g/mol. The highest BCUT2D eigenvalue weighted by Crippen LogP contribution is 2.32. The lowest BCUT2D eigenvalue weighted by molar-refractivity contribution is -0.0103. The molecule has 0 aromatic heterocycles. The number of nitrogens with one attached hydrogen (secondary N) is 1. The summed E-state index contributed by atoms with van der Waals surface area (Å²) in [5.74, 6) is -1.61. The first-order valence-electron chi connectivity index (χ1n) is 10.4. The van der Waals surface area contributed by atoms with Crippen LogP contribution in [0.5, 0.6) is 0 Å². The standard InChI is InChI=1S/C24H23F3N2O3S/c25-20-7-1-17(2-8-20)15-28-33(30,31)29-13-14-32-23(16-29)24(18-3-9-21(26)10-4-18)19-5-11-22(27)12-6-19/h1-12,23-24,28H,13-16H2. The zero-order valence-corrected chi connectivity index (χ0v) is 18.4. The molecule has 1 heterocycles. The van der Waals surface area contributed by atoms with Gasteiger partial charge in [0.15, 0.2) is 0 Å². The molecule has 0 amide bonds. The van der Waals surface area contributed by atoms with Crippen LogP contribution in [0.1, 0.15) is 22.6 Å². The van der Waals surface area contributed by atoms with Gasteiger partial charge < -0.3 is 4.74 Å². The molecule has 0 radical (unpaired) electrons. The molecule has 1 aliphatic heterocycles. The van der Waals surface area contributed by atoms with Gasteiger partial charge in [-0.05, 0) is 53.1 Å². The summed E-state index contributed by atoms with van der Waals surface area (Å²) in [6.07, 6.45) is -0.572. The second-order valence-electron chi connectivity index (χ2n) is 7.80. The van der Waals surface area contributed by atoms with Crippen LogP contribution in [0.4, 0.5) is 13.2 Å². The highest BCUT2D eigenvalue weighted by Gasteiger charge is 2.35. The van der Waals surface area contributed by atoms with Crippen molar-refractivity contribution in [2.24, 2.45) is 0 Å². The first-order valence-corrected chi connectivity index (χ1v) is 11.9. The van der Waals surface area contributed by atoms with Crippen LogP contribution in [0.2, 0.25) is 0 Å². The predicted molar refractivity (Wildman–Crippen MR) is 118 cm³/mol. The first-order chi connectivity index (χ1) is 15.8. The third-order valence-electron chi connectivity index (χ3n) is 5.60.